The van der Waals surface area contributed by atoms with Gasteiger partial charge in [-0.15, -0.1) is 0 Å². The number of nitrogens with zero attached hydrogens (tertiary/aromatic N) is 1. The Labute approximate surface area is 117 Å². The Morgan fingerprint density at radius 3 is 2.94 bits per heavy atom. The summed E-state index contributed by atoms with van der Waals surface area (Å²) in [6, 6.07) is 5.65. The molecule has 18 heavy (non-hydrogen) atoms. The summed E-state index contributed by atoms with van der Waals surface area (Å²) in [6.45, 7) is 4.41. The zero-order valence-electron chi connectivity index (χ0n) is 10.9. The Kier molecular flexibility index (Phi) is 4.76. The average molecular weight is 315 g/mol. The van der Waals surface area contributed by atoms with Gasteiger partial charge in [0, 0.05) is 23.1 Å². The second kappa shape index (κ2) is 6.13. The molecule has 1 N–H and O–H groups in total. The van der Waals surface area contributed by atoms with Gasteiger partial charge in [0.25, 0.3) is 0 Å². The Hall–Kier alpha value is -0.450. The Bertz CT molecular complexity index is 411. The molecular weight excluding hydrogens is 295 g/mol. The molecule has 1 aromatic rings. The van der Waals surface area contributed by atoms with Crippen molar-refractivity contribution in [2.24, 2.45) is 0 Å². The van der Waals surface area contributed by atoms with Gasteiger partial charge in [-0.05, 0) is 51.1 Å². The van der Waals surface area contributed by atoms with E-state index in [2.05, 4.69) is 40.1 Å². The monoisotopic (exact) mass is 314 g/mol. The third-order valence-corrected chi connectivity index (χ3v) is 4.23. The van der Waals surface area contributed by atoms with E-state index in [9.17, 15) is 4.39 Å². The lowest BCUT2D eigenvalue weighted by atomic mass is 10.0. The van der Waals surface area contributed by atoms with Crippen LogP contribution in [0, 0.1) is 5.82 Å². The quantitative estimate of drug-likeness (QED) is 0.920. The molecule has 1 aliphatic rings. The Morgan fingerprint density at radius 2 is 2.28 bits per heavy atom. The van der Waals surface area contributed by atoms with Gasteiger partial charge in [0.15, 0.2) is 0 Å². The molecule has 4 heteroatoms. The maximum atomic E-state index is 13.1. The molecule has 2 unspecified atom stereocenters. The Balaban J connectivity index is 2.00. The van der Waals surface area contributed by atoms with Gasteiger partial charge in [-0.1, -0.05) is 22.0 Å². The first kappa shape index (κ1) is 14.0. The summed E-state index contributed by atoms with van der Waals surface area (Å²) >= 11 is 3.43. The van der Waals surface area contributed by atoms with Crippen LogP contribution in [-0.2, 0) is 0 Å². The van der Waals surface area contributed by atoms with Crippen LogP contribution in [0.2, 0.25) is 0 Å². The van der Waals surface area contributed by atoms with Crippen molar-refractivity contribution >= 4 is 15.9 Å². The SMILES string of the molecule is CC(NC1CCCN(C)C1)c1ccc(F)cc1Br. The topological polar surface area (TPSA) is 15.3 Å². The summed E-state index contributed by atoms with van der Waals surface area (Å²) in [5.41, 5.74) is 1.12. The van der Waals surface area contributed by atoms with Gasteiger partial charge in [0.2, 0.25) is 0 Å². The number of hydrogen-bond donors (Lipinski definition) is 1. The molecular formula is C14H20BrFN2. The van der Waals surface area contributed by atoms with Crippen LogP contribution in [0.1, 0.15) is 31.4 Å². The number of piperidine rings is 1. The van der Waals surface area contributed by atoms with Gasteiger partial charge in [-0.2, -0.15) is 0 Å². The van der Waals surface area contributed by atoms with Gasteiger partial charge in [0.1, 0.15) is 5.82 Å². The van der Waals surface area contributed by atoms with Crippen LogP contribution in [-0.4, -0.2) is 31.1 Å². The molecule has 100 valence electrons. The highest BCUT2D eigenvalue weighted by atomic mass is 79.9. The van der Waals surface area contributed by atoms with E-state index < -0.39 is 0 Å². The normalized spacial score (nSPS) is 23.0. The van der Waals surface area contributed by atoms with Crippen molar-refractivity contribution in [2.75, 3.05) is 20.1 Å². The third-order valence-electron chi connectivity index (χ3n) is 3.54. The highest BCUT2D eigenvalue weighted by Crippen LogP contribution is 2.25. The maximum absolute atomic E-state index is 13.1. The van der Waals surface area contributed by atoms with E-state index in [0.29, 0.717) is 6.04 Å². The number of benzene rings is 1. The van der Waals surface area contributed by atoms with Crippen molar-refractivity contribution in [3.05, 3.63) is 34.1 Å². The largest absolute Gasteiger partial charge is 0.306 e. The molecule has 0 aromatic heterocycles. The Morgan fingerprint density at radius 1 is 1.50 bits per heavy atom. The highest BCUT2D eigenvalue weighted by molar-refractivity contribution is 9.10. The molecule has 0 radical (unpaired) electrons. The lowest BCUT2D eigenvalue weighted by Gasteiger charge is -2.32. The molecule has 0 bridgehead atoms. The molecule has 2 rings (SSSR count). The van der Waals surface area contributed by atoms with Crippen LogP contribution in [0.15, 0.2) is 22.7 Å². The summed E-state index contributed by atoms with van der Waals surface area (Å²) in [4.78, 5) is 2.35. The predicted molar refractivity (Wildman–Crippen MR) is 76.2 cm³/mol. The van der Waals surface area contributed by atoms with E-state index in [0.717, 1.165) is 16.6 Å². The van der Waals surface area contributed by atoms with Crippen LogP contribution in [0.3, 0.4) is 0 Å². The van der Waals surface area contributed by atoms with Gasteiger partial charge in [-0.25, -0.2) is 4.39 Å². The van der Waals surface area contributed by atoms with E-state index in [4.69, 9.17) is 0 Å². The number of rotatable bonds is 3. The minimum atomic E-state index is -0.199. The first-order valence-corrected chi connectivity index (χ1v) is 7.25. The summed E-state index contributed by atoms with van der Waals surface area (Å²) in [7, 11) is 2.16. The third kappa shape index (κ3) is 3.53. The number of likely N-dealkylation sites (N-methyl/N-ethyl adjacent to an activating group) is 1. The molecule has 1 aromatic carbocycles. The van der Waals surface area contributed by atoms with Gasteiger partial charge < -0.3 is 10.2 Å². The van der Waals surface area contributed by atoms with Crippen molar-refractivity contribution in [2.45, 2.75) is 31.8 Å². The summed E-state index contributed by atoms with van der Waals surface area (Å²) in [5.74, 6) is -0.199. The number of halogens is 2. The van der Waals surface area contributed by atoms with Crippen molar-refractivity contribution in [3.63, 3.8) is 0 Å². The summed E-state index contributed by atoms with van der Waals surface area (Å²) in [5, 5.41) is 3.63. The van der Waals surface area contributed by atoms with E-state index in [1.54, 1.807) is 0 Å². The fraction of sp³-hybridized carbons (Fsp3) is 0.571. The average Bonchev–Trinajstić information content (AvgIpc) is 2.28. The summed E-state index contributed by atoms with van der Waals surface area (Å²) in [6.07, 6.45) is 2.46. The van der Waals surface area contributed by atoms with E-state index in [-0.39, 0.29) is 11.9 Å². The minimum Gasteiger partial charge on any atom is -0.306 e. The fourth-order valence-electron chi connectivity index (χ4n) is 2.60. The van der Waals surface area contributed by atoms with E-state index in [1.807, 2.05) is 6.07 Å². The van der Waals surface area contributed by atoms with Gasteiger partial charge in [-0.3, -0.25) is 0 Å². The van der Waals surface area contributed by atoms with Crippen molar-refractivity contribution < 1.29 is 4.39 Å². The zero-order chi connectivity index (χ0) is 13.1. The molecule has 0 amide bonds. The van der Waals surface area contributed by atoms with Crippen molar-refractivity contribution in [1.29, 1.82) is 0 Å². The molecule has 0 saturated carbocycles. The van der Waals surface area contributed by atoms with Crippen molar-refractivity contribution in [3.8, 4) is 0 Å². The summed E-state index contributed by atoms with van der Waals surface area (Å²) < 4.78 is 13.9. The molecule has 0 spiro atoms. The van der Waals surface area contributed by atoms with Gasteiger partial charge >= 0.3 is 0 Å². The molecule has 1 heterocycles. The molecule has 2 nitrogen and oxygen atoms in total. The molecule has 1 fully saturated rings. The lowest BCUT2D eigenvalue weighted by molar-refractivity contribution is 0.218. The smallest absolute Gasteiger partial charge is 0.124 e. The molecule has 1 aliphatic heterocycles. The second-order valence-corrected chi connectivity index (χ2v) is 6.01. The predicted octanol–water partition coefficient (Wildman–Crippen LogP) is 3.33. The zero-order valence-corrected chi connectivity index (χ0v) is 12.5. The van der Waals surface area contributed by atoms with Crippen LogP contribution >= 0.6 is 15.9 Å². The van der Waals surface area contributed by atoms with E-state index >= 15 is 0 Å². The number of likely N-dealkylation sites (tertiary alicyclic amines) is 1. The lowest BCUT2D eigenvalue weighted by Crippen LogP contribution is -2.44. The van der Waals surface area contributed by atoms with Crippen molar-refractivity contribution in [1.82, 2.24) is 10.2 Å². The van der Waals surface area contributed by atoms with Crippen LogP contribution < -0.4 is 5.32 Å². The van der Waals surface area contributed by atoms with Crippen LogP contribution in [0.25, 0.3) is 0 Å². The minimum absolute atomic E-state index is 0.199. The molecule has 1 saturated heterocycles. The first-order valence-electron chi connectivity index (χ1n) is 6.46. The van der Waals surface area contributed by atoms with Gasteiger partial charge in [0.05, 0.1) is 0 Å². The standard InChI is InChI=1S/C14H20BrFN2/c1-10(13-6-5-11(16)8-14(13)15)17-12-4-3-7-18(2)9-12/h5-6,8,10,12,17H,3-4,7,9H2,1-2H3. The van der Waals surface area contributed by atoms with E-state index in [1.165, 1.54) is 31.5 Å². The fourth-order valence-corrected chi connectivity index (χ4v) is 3.29. The number of hydrogen-bond acceptors (Lipinski definition) is 2. The molecule has 0 aliphatic carbocycles. The molecule has 2 atom stereocenters. The second-order valence-electron chi connectivity index (χ2n) is 5.16. The maximum Gasteiger partial charge on any atom is 0.124 e. The highest BCUT2D eigenvalue weighted by Gasteiger charge is 2.20. The first-order chi connectivity index (χ1) is 8.56. The number of nitrogens with one attached hydrogen (secondary N) is 1. The van der Waals surface area contributed by atoms with Crippen LogP contribution in [0.4, 0.5) is 4.39 Å². The van der Waals surface area contributed by atoms with Crippen LogP contribution in [0.5, 0.6) is 0 Å².